The Hall–Kier alpha value is -2.61. The molecule has 1 fully saturated rings. The molecule has 0 aliphatic carbocycles. The van der Waals surface area contributed by atoms with Crippen LogP contribution < -0.4 is 10.1 Å². The quantitative estimate of drug-likeness (QED) is 0.861. The zero-order valence-electron chi connectivity index (χ0n) is 14.6. The van der Waals surface area contributed by atoms with Gasteiger partial charge in [-0.05, 0) is 38.1 Å². The van der Waals surface area contributed by atoms with Gasteiger partial charge in [0.05, 0.1) is 13.1 Å². The number of nitrogens with zero attached hydrogens (tertiary/aromatic N) is 3. The van der Waals surface area contributed by atoms with Crippen LogP contribution in [0.3, 0.4) is 0 Å². The van der Waals surface area contributed by atoms with E-state index in [0.29, 0.717) is 24.8 Å². The van der Waals surface area contributed by atoms with Gasteiger partial charge in [-0.1, -0.05) is 5.16 Å². The molecule has 3 rings (SSSR count). The summed E-state index contributed by atoms with van der Waals surface area (Å²) in [6, 6.07) is 7.55. The molecular weight excluding hydrogens is 324 g/mol. The molecule has 2 heterocycles. The van der Waals surface area contributed by atoms with Crippen molar-refractivity contribution in [1.82, 2.24) is 20.4 Å². The van der Waals surface area contributed by atoms with Crippen molar-refractivity contribution in [2.45, 2.75) is 32.6 Å². The summed E-state index contributed by atoms with van der Waals surface area (Å²) >= 11 is 0. The number of benzene rings is 1. The maximum Gasteiger partial charge on any atom is 0.317 e. The molecule has 134 valence electrons. The second-order valence-electron chi connectivity index (χ2n) is 6.22. The van der Waals surface area contributed by atoms with E-state index in [1.807, 2.05) is 38.1 Å². The fraction of sp³-hybridized carbons (Fsp3) is 0.471. The molecule has 8 nitrogen and oxygen atoms in total. The second-order valence-corrected chi connectivity index (χ2v) is 6.22. The van der Waals surface area contributed by atoms with Crippen LogP contribution in [0.2, 0.25) is 0 Å². The van der Waals surface area contributed by atoms with Gasteiger partial charge in [0.1, 0.15) is 18.5 Å². The van der Waals surface area contributed by atoms with Crippen molar-refractivity contribution < 1.29 is 18.8 Å². The lowest BCUT2D eigenvalue weighted by atomic mass is 10.1. The Balaban J connectivity index is 1.51. The predicted molar refractivity (Wildman–Crippen MR) is 90.1 cm³/mol. The first kappa shape index (κ1) is 17.2. The molecule has 25 heavy (non-hydrogen) atoms. The molecule has 0 bridgehead atoms. The number of rotatable bonds is 6. The number of urea groups is 1. The van der Waals surface area contributed by atoms with Crippen LogP contribution in [0, 0.1) is 0 Å². The number of carbonyl (C=O) groups excluding carboxylic acids is 1. The molecule has 2 amide bonds. The minimum absolute atomic E-state index is 0.0160. The molecule has 1 aromatic heterocycles. The Kier molecular flexibility index (Phi) is 5.18. The number of methoxy groups -OCH3 is 1. The van der Waals surface area contributed by atoms with Gasteiger partial charge in [0, 0.05) is 18.7 Å². The van der Waals surface area contributed by atoms with Gasteiger partial charge in [-0.25, -0.2) is 4.79 Å². The lowest BCUT2D eigenvalue weighted by molar-refractivity contribution is 0.0438. The zero-order chi connectivity index (χ0) is 17.8. The van der Waals surface area contributed by atoms with E-state index in [2.05, 4.69) is 15.5 Å². The van der Waals surface area contributed by atoms with Crippen molar-refractivity contribution in [1.29, 1.82) is 0 Å². The Morgan fingerprint density at radius 3 is 2.72 bits per heavy atom. The number of aromatic nitrogens is 2. The molecule has 0 radical (unpaired) electrons. The first-order chi connectivity index (χ1) is 12.0. The fourth-order valence-corrected chi connectivity index (χ4v) is 2.45. The molecule has 1 N–H and O–H groups in total. The van der Waals surface area contributed by atoms with Crippen LogP contribution >= 0.6 is 0 Å². The lowest BCUT2D eigenvalue weighted by Gasteiger charge is -2.39. The number of amides is 2. The summed E-state index contributed by atoms with van der Waals surface area (Å²) in [5.41, 5.74) is 0.838. The zero-order valence-corrected chi connectivity index (χ0v) is 14.6. The molecule has 1 aromatic carbocycles. The fourth-order valence-electron chi connectivity index (χ4n) is 2.45. The Bertz CT molecular complexity index is 708. The molecule has 1 saturated heterocycles. The summed E-state index contributed by atoms with van der Waals surface area (Å²) in [5, 5.41) is 6.78. The summed E-state index contributed by atoms with van der Waals surface area (Å²) in [6.45, 7) is 5.35. The number of hydrogen-bond donors (Lipinski definition) is 1. The molecular formula is C17H22N4O4. The summed E-state index contributed by atoms with van der Waals surface area (Å²) in [6.07, 6.45) is 0.0160. The maximum absolute atomic E-state index is 11.8. The Morgan fingerprint density at radius 1 is 1.36 bits per heavy atom. The first-order valence-electron chi connectivity index (χ1n) is 8.19. The monoisotopic (exact) mass is 346 g/mol. The minimum atomic E-state index is -0.0471. The van der Waals surface area contributed by atoms with Crippen LogP contribution in [0.5, 0.6) is 5.75 Å². The van der Waals surface area contributed by atoms with Gasteiger partial charge in [0.2, 0.25) is 5.82 Å². The van der Waals surface area contributed by atoms with Crippen molar-refractivity contribution in [3.8, 4) is 17.1 Å². The van der Waals surface area contributed by atoms with E-state index in [1.165, 1.54) is 0 Å². The summed E-state index contributed by atoms with van der Waals surface area (Å²) in [4.78, 5) is 17.8. The number of ether oxygens (including phenoxy) is 2. The summed E-state index contributed by atoms with van der Waals surface area (Å²) in [7, 11) is 1.57. The Morgan fingerprint density at radius 2 is 2.08 bits per heavy atom. The van der Waals surface area contributed by atoms with E-state index < -0.39 is 0 Å². The van der Waals surface area contributed by atoms with Crippen molar-refractivity contribution >= 4 is 6.03 Å². The SMILES string of the molecule is COCc1nc(-c2ccc(OC3CN(C(=O)NC(C)C)C3)cc2)no1. The molecule has 0 spiro atoms. The highest BCUT2D eigenvalue weighted by Crippen LogP contribution is 2.23. The van der Waals surface area contributed by atoms with Crippen LogP contribution in [-0.4, -0.2) is 53.4 Å². The average Bonchev–Trinajstić information content (AvgIpc) is 2.99. The molecule has 0 atom stereocenters. The Labute approximate surface area is 146 Å². The number of likely N-dealkylation sites (tertiary alicyclic amines) is 1. The first-order valence-corrected chi connectivity index (χ1v) is 8.19. The normalized spacial score (nSPS) is 14.5. The van der Waals surface area contributed by atoms with Gasteiger partial charge < -0.3 is 24.2 Å². The molecule has 1 aliphatic heterocycles. The van der Waals surface area contributed by atoms with Crippen molar-refractivity contribution in [2.75, 3.05) is 20.2 Å². The summed E-state index contributed by atoms with van der Waals surface area (Å²) < 4.78 is 15.9. The van der Waals surface area contributed by atoms with Gasteiger partial charge in [-0.3, -0.25) is 0 Å². The van der Waals surface area contributed by atoms with Gasteiger partial charge in [-0.15, -0.1) is 0 Å². The van der Waals surface area contributed by atoms with E-state index in [-0.39, 0.29) is 24.8 Å². The van der Waals surface area contributed by atoms with Crippen molar-refractivity contribution in [3.05, 3.63) is 30.2 Å². The standard InChI is InChI=1S/C17H22N4O4/c1-11(2)18-17(22)21-8-14(9-21)24-13-6-4-12(5-7-13)16-19-15(10-23-3)25-20-16/h4-7,11,14H,8-10H2,1-3H3,(H,18,22). The van der Waals surface area contributed by atoms with E-state index in [0.717, 1.165) is 11.3 Å². The van der Waals surface area contributed by atoms with Gasteiger partial charge in [0.15, 0.2) is 0 Å². The largest absolute Gasteiger partial charge is 0.487 e. The average molecular weight is 346 g/mol. The summed E-state index contributed by atoms with van der Waals surface area (Å²) in [5.74, 6) is 1.70. The number of nitrogens with one attached hydrogen (secondary N) is 1. The van der Waals surface area contributed by atoms with E-state index in [4.69, 9.17) is 14.0 Å². The smallest absolute Gasteiger partial charge is 0.317 e. The molecule has 8 heteroatoms. The highest BCUT2D eigenvalue weighted by molar-refractivity contribution is 5.75. The topological polar surface area (TPSA) is 89.7 Å². The van der Waals surface area contributed by atoms with Crippen LogP contribution in [-0.2, 0) is 11.3 Å². The van der Waals surface area contributed by atoms with Crippen LogP contribution in [0.15, 0.2) is 28.8 Å². The van der Waals surface area contributed by atoms with E-state index in [9.17, 15) is 4.79 Å². The number of hydrogen-bond acceptors (Lipinski definition) is 6. The van der Waals surface area contributed by atoms with Gasteiger partial charge >= 0.3 is 6.03 Å². The van der Waals surface area contributed by atoms with Crippen molar-refractivity contribution in [2.24, 2.45) is 0 Å². The number of carbonyl (C=O) groups is 1. The van der Waals surface area contributed by atoms with Gasteiger partial charge in [-0.2, -0.15) is 4.98 Å². The molecule has 2 aromatic rings. The minimum Gasteiger partial charge on any atom is -0.487 e. The van der Waals surface area contributed by atoms with Crippen molar-refractivity contribution in [3.63, 3.8) is 0 Å². The van der Waals surface area contributed by atoms with E-state index >= 15 is 0 Å². The third-order valence-corrected chi connectivity index (χ3v) is 3.70. The van der Waals surface area contributed by atoms with Crippen LogP contribution in [0.25, 0.3) is 11.4 Å². The third-order valence-electron chi connectivity index (χ3n) is 3.70. The highest BCUT2D eigenvalue weighted by atomic mass is 16.5. The highest BCUT2D eigenvalue weighted by Gasteiger charge is 2.32. The van der Waals surface area contributed by atoms with Gasteiger partial charge in [0.25, 0.3) is 5.89 Å². The predicted octanol–water partition coefficient (Wildman–Crippen LogP) is 2.06. The second kappa shape index (κ2) is 7.52. The maximum atomic E-state index is 11.8. The van der Waals surface area contributed by atoms with Crippen LogP contribution in [0.1, 0.15) is 19.7 Å². The molecule has 0 unspecified atom stereocenters. The third kappa shape index (κ3) is 4.27. The molecule has 0 saturated carbocycles. The van der Waals surface area contributed by atoms with E-state index in [1.54, 1.807) is 12.0 Å². The van der Waals surface area contributed by atoms with Crippen LogP contribution in [0.4, 0.5) is 4.79 Å². The molecule has 1 aliphatic rings. The lowest BCUT2D eigenvalue weighted by Crippen LogP contribution is -2.59.